The summed E-state index contributed by atoms with van der Waals surface area (Å²) in [4.78, 5) is 12.0. The number of hydrogen-bond donors (Lipinski definition) is 1. The number of aromatic amines is 1. The van der Waals surface area contributed by atoms with Gasteiger partial charge in [0.25, 0.3) is 0 Å². The standard InChI is InChI=1S/C11H14ClN3/c1-3-5-10-13-8(4-2)7-6-9(12)14-11(7)15-10/h6H,3-5H2,1-2H3,(H,13,14,15). The highest BCUT2D eigenvalue weighted by Crippen LogP contribution is 2.20. The van der Waals surface area contributed by atoms with Crippen LogP contribution in [0.2, 0.25) is 5.15 Å². The van der Waals surface area contributed by atoms with Crippen molar-refractivity contribution in [3.05, 3.63) is 22.7 Å². The summed E-state index contributed by atoms with van der Waals surface area (Å²) < 4.78 is 0. The second-order valence-corrected chi connectivity index (χ2v) is 3.98. The summed E-state index contributed by atoms with van der Waals surface area (Å²) >= 11 is 5.92. The van der Waals surface area contributed by atoms with Gasteiger partial charge in [0, 0.05) is 11.8 Å². The van der Waals surface area contributed by atoms with Gasteiger partial charge < -0.3 is 4.98 Å². The summed E-state index contributed by atoms with van der Waals surface area (Å²) in [6, 6.07) is 1.89. The van der Waals surface area contributed by atoms with Crippen molar-refractivity contribution in [1.29, 1.82) is 0 Å². The van der Waals surface area contributed by atoms with Crippen molar-refractivity contribution in [2.75, 3.05) is 0 Å². The molecule has 0 aromatic carbocycles. The Kier molecular flexibility index (Phi) is 2.91. The van der Waals surface area contributed by atoms with Crippen LogP contribution >= 0.6 is 11.6 Å². The summed E-state index contributed by atoms with van der Waals surface area (Å²) in [5.74, 6) is 0.903. The molecule has 80 valence electrons. The van der Waals surface area contributed by atoms with E-state index < -0.39 is 0 Å². The van der Waals surface area contributed by atoms with Gasteiger partial charge in [0.2, 0.25) is 0 Å². The van der Waals surface area contributed by atoms with Crippen LogP contribution in [0.5, 0.6) is 0 Å². The zero-order valence-corrected chi connectivity index (χ0v) is 9.73. The number of fused-ring (bicyclic) bond motifs is 1. The largest absolute Gasteiger partial charge is 0.330 e. The highest BCUT2D eigenvalue weighted by atomic mass is 35.5. The Hall–Kier alpha value is -1.09. The highest BCUT2D eigenvalue weighted by molar-refractivity contribution is 6.30. The summed E-state index contributed by atoms with van der Waals surface area (Å²) in [6.45, 7) is 4.22. The van der Waals surface area contributed by atoms with E-state index in [4.69, 9.17) is 11.6 Å². The number of nitrogens with one attached hydrogen (secondary N) is 1. The number of halogens is 1. The van der Waals surface area contributed by atoms with Crippen LogP contribution < -0.4 is 0 Å². The van der Waals surface area contributed by atoms with Crippen LogP contribution in [0.3, 0.4) is 0 Å². The van der Waals surface area contributed by atoms with E-state index in [1.165, 1.54) is 0 Å². The molecule has 2 rings (SSSR count). The first kappa shape index (κ1) is 10.4. The van der Waals surface area contributed by atoms with Gasteiger partial charge in [-0.3, -0.25) is 0 Å². The van der Waals surface area contributed by atoms with Gasteiger partial charge in [-0.2, -0.15) is 0 Å². The molecule has 0 fully saturated rings. The van der Waals surface area contributed by atoms with Crippen molar-refractivity contribution < 1.29 is 0 Å². The Labute approximate surface area is 93.9 Å². The predicted molar refractivity (Wildman–Crippen MR) is 62.3 cm³/mol. The molecule has 0 aliphatic rings. The molecule has 15 heavy (non-hydrogen) atoms. The second-order valence-electron chi connectivity index (χ2n) is 3.57. The Balaban J connectivity index is 2.59. The third-order valence-electron chi connectivity index (χ3n) is 2.39. The van der Waals surface area contributed by atoms with E-state index in [-0.39, 0.29) is 0 Å². The van der Waals surface area contributed by atoms with Crippen LogP contribution in [0.1, 0.15) is 31.8 Å². The molecule has 3 nitrogen and oxygen atoms in total. The van der Waals surface area contributed by atoms with Gasteiger partial charge in [-0.1, -0.05) is 25.4 Å². The van der Waals surface area contributed by atoms with Crippen molar-refractivity contribution in [2.45, 2.75) is 33.1 Å². The van der Waals surface area contributed by atoms with Crippen molar-refractivity contribution in [1.82, 2.24) is 15.0 Å². The second kappa shape index (κ2) is 4.19. The molecule has 2 aromatic heterocycles. The minimum absolute atomic E-state index is 0.627. The molecular formula is C11H14ClN3. The summed E-state index contributed by atoms with van der Waals surface area (Å²) in [7, 11) is 0. The number of nitrogens with zero attached hydrogens (tertiary/aromatic N) is 2. The lowest BCUT2D eigenvalue weighted by molar-refractivity contribution is 0.825. The van der Waals surface area contributed by atoms with Gasteiger partial charge in [0.05, 0.1) is 5.69 Å². The molecule has 0 saturated carbocycles. The monoisotopic (exact) mass is 223 g/mol. The predicted octanol–water partition coefficient (Wildman–Crippen LogP) is 3.13. The Morgan fingerprint density at radius 1 is 1.33 bits per heavy atom. The fourth-order valence-electron chi connectivity index (χ4n) is 1.69. The van der Waals surface area contributed by atoms with Gasteiger partial charge in [-0.05, 0) is 18.9 Å². The molecule has 0 radical (unpaired) electrons. The van der Waals surface area contributed by atoms with Crippen molar-refractivity contribution >= 4 is 22.6 Å². The van der Waals surface area contributed by atoms with Crippen LogP contribution in [-0.4, -0.2) is 15.0 Å². The molecule has 2 aromatic rings. The Morgan fingerprint density at radius 3 is 2.80 bits per heavy atom. The maximum atomic E-state index is 5.92. The van der Waals surface area contributed by atoms with E-state index in [9.17, 15) is 0 Å². The van der Waals surface area contributed by atoms with E-state index >= 15 is 0 Å². The maximum absolute atomic E-state index is 5.92. The number of aromatic nitrogens is 3. The van der Waals surface area contributed by atoms with E-state index in [1.807, 2.05) is 6.07 Å². The maximum Gasteiger partial charge on any atom is 0.142 e. The fourth-order valence-corrected chi connectivity index (χ4v) is 1.89. The number of hydrogen-bond acceptors (Lipinski definition) is 2. The zero-order valence-electron chi connectivity index (χ0n) is 8.97. The molecule has 4 heteroatoms. The average Bonchev–Trinajstić information content (AvgIpc) is 2.57. The third-order valence-corrected chi connectivity index (χ3v) is 2.59. The first-order valence-corrected chi connectivity index (χ1v) is 5.66. The van der Waals surface area contributed by atoms with Gasteiger partial charge in [-0.25, -0.2) is 9.97 Å². The molecule has 1 N–H and O–H groups in total. The molecule has 2 heterocycles. The lowest BCUT2D eigenvalue weighted by atomic mass is 10.2. The van der Waals surface area contributed by atoms with Gasteiger partial charge in [-0.15, -0.1) is 0 Å². The Morgan fingerprint density at radius 2 is 2.13 bits per heavy atom. The number of H-pyrrole nitrogens is 1. The van der Waals surface area contributed by atoms with E-state index in [1.54, 1.807) is 0 Å². The van der Waals surface area contributed by atoms with Crippen LogP contribution in [0.15, 0.2) is 6.07 Å². The highest BCUT2D eigenvalue weighted by Gasteiger charge is 2.08. The van der Waals surface area contributed by atoms with Crippen molar-refractivity contribution in [3.8, 4) is 0 Å². The van der Waals surface area contributed by atoms with Crippen LogP contribution in [0.25, 0.3) is 11.0 Å². The first-order chi connectivity index (χ1) is 7.24. The van der Waals surface area contributed by atoms with Crippen LogP contribution in [-0.2, 0) is 12.8 Å². The number of rotatable bonds is 3. The zero-order chi connectivity index (χ0) is 10.8. The molecule has 0 atom stereocenters. The first-order valence-electron chi connectivity index (χ1n) is 5.28. The van der Waals surface area contributed by atoms with Crippen LogP contribution in [0.4, 0.5) is 0 Å². The summed E-state index contributed by atoms with van der Waals surface area (Å²) in [5, 5.41) is 1.67. The minimum atomic E-state index is 0.627. The molecule has 0 unspecified atom stereocenters. The minimum Gasteiger partial charge on any atom is -0.330 e. The normalized spacial score (nSPS) is 11.1. The molecule has 0 amide bonds. The fraction of sp³-hybridized carbons (Fsp3) is 0.455. The smallest absolute Gasteiger partial charge is 0.142 e. The topological polar surface area (TPSA) is 41.6 Å². The third kappa shape index (κ3) is 1.97. The Bertz CT molecular complexity index is 476. The average molecular weight is 224 g/mol. The van der Waals surface area contributed by atoms with E-state index in [0.29, 0.717) is 5.15 Å². The van der Waals surface area contributed by atoms with E-state index in [0.717, 1.165) is 41.8 Å². The number of aryl methyl sites for hydroxylation is 2. The quantitative estimate of drug-likeness (QED) is 0.869. The molecule has 0 aliphatic heterocycles. The van der Waals surface area contributed by atoms with E-state index in [2.05, 4.69) is 28.8 Å². The SMILES string of the molecule is CCCc1nc(CC)c2cc(Cl)[nH]c2n1. The van der Waals surface area contributed by atoms with Crippen molar-refractivity contribution in [3.63, 3.8) is 0 Å². The molecule has 0 spiro atoms. The molecule has 0 saturated heterocycles. The molecular weight excluding hydrogens is 210 g/mol. The van der Waals surface area contributed by atoms with Gasteiger partial charge in [0.15, 0.2) is 0 Å². The lowest BCUT2D eigenvalue weighted by Crippen LogP contribution is -1.99. The lowest BCUT2D eigenvalue weighted by Gasteiger charge is -2.02. The molecule has 0 bridgehead atoms. The van der Waals surface area contributed by atoms with Crippen LogP contribution in [0, 0.1) is 0 Å². The summed E-state index contributed by atoms with van der Waals surface area (Å²) in [5.41, 5.74) is 1.93. The van der Waals surface area contributed by atoms with Gasteiger partial charge in [0.1, 0.15) is 16.6 Å². The summed E-state index contributed by atoms with van der Waals surface area (Å²) in [6.07, 6.45) is 2.88. The molecule has 0 aliphatic carbocycles. The van der Waals surface area contributed by atoms with Crippen molar-refractivity contribution in [2.24, 2.45) is 0 Å². The van der Waals surface area contributed by atoms with Gasteiger partial charge >= 0.3 is 0 Å².